The molecule has 1 heterocycles. The van der Waals surface area contributed by atoms with Gasteiger partial charge in [-0.05, 0) is 29.8 Å². The van der Waals surface area contributed by atoms with Crippen LogP contribution in [0, 0.1) is 0 Å². The Kier molecular flexibility index (Phi) is 6.82. The van der Waals surface area contributed by atoms with Crippen LogP contribution >= 0.6 is 0 Å². The predicted molar refractivity (Wildman–Crippen MR) is 124 cm³/mol. The van der Waals surface area contributed by atoms with E-state index in [1.54, 1.807) is 18.0 Å². The molecule has 1 aromatic heterocycles. The Morgan fingerprint density at radius 1 is 0.906 bits per heavy atom. The minimum Gasteiger partial charge on any atom is -0.497 e. The maximum atomic E-state index is 13.0. The van der Waals surface area contributed by atoms with Gasteiger partial charge in [-0.1, -0.05) is 60.7 Å². The lowest BCUT2D eigenvalue weighted by atomic mass is 10.1. The van der Waals surface area contributed by atoms with E-state index in [0.29, 0.717) is 31.0 Å². The zero-order valence-corrected chi connectivity index (χ0v) is 17.9. The number of methoxy groups -OCH3 is 1. The molecule has 0 unspecified atom stereocenters. The zero-order chi connectivity index (χ0) is 22.2. The van der Waals surface area contributed by atoms with E-state index >= 15 is 0 Å². The molecule has 3 aromatic carbocycles. The van der Waals surface area contributed by atoms with Gasteiger partial charge in [0.15, 0.2) is 0 Å². The van der Waals surface area contributed by atoms with Gasteiger partial charge in [-0.2, -0.15) is 5.10 Å². The van der Waals surface area contributed by atoms with Crippen molar-refractivity contribution in [1.29, 1.82) is 0 Å². The van der Waals surface area contributed by atoms with Crippen molar-refractivity contribution in [2.45, 2.75) is 6.54 Å². The molecule has 0 saturated carbocycles. The monoisotopic (exact) mass is 427 g/mol. The molecule has 0 fully saturated rings. The van der Waals surface area contributed by atoms with Crippen molar-refractivity contribution in [3.63, 3.8) is 0 Å². The van der Waals surface area contributed by atoms with Crippen LogP contribution in [0.4, 0.5) is 0 Å². The normalized spacial score (nSPS) is 10.5. The Labute approximate surface area is 187 Å². The summed E-state index contributed by atoms with van der Waals surface area (Å²) in [6.07, 6.45) is 1.80. The van der Waals surface area contributed by atoms with Crippen molar-refractivity contribution in [1.82, 2.24) is 15.1 Å². The summed E-state index contributed by atoms with van der Waals surface area (Å²) >= 11 is 0. The fraction of sp³-hybridized carbons (Fsp3) is 0.154. The second kappa shape index (κ2) is 10.3. The molecule has 1 N–H and O–H groups in total. The van der Waals surface area contributed by atoms with Crippen LogP contribution in [-0.4, -0.2) is 35.9 Å². The van der Waals surface area contributed by atoms with E-state index in [4.69, 9.17) is 14.6 Å². The van der Waals surface area contributed by atoms with E-state index in [1.165, 1.54) is 0 Å². The summed E-state index contributed by atoms with van der Waals surface area (Å²) in [7, 11) is 1.62. The van der Waals surface area contributed by atoms with Crippen LogP contribution in [0.15, 0.2) is 91.1 Å². The third kappa shape index (κ3) is 5.35. The Morgan fingerprint density at radius 3 is 2.25 bits per heavy atom. The molecule has 0 aliphatic heterocycles. The summed E-state index contributed by atoms with van der Waals surface area (Å²) in [5.74, 6) is 1.31. The molecule has 6 heteroatoms. The summed E-state index contributed by atoms with van der Waals surface area (Å²) in [4.78, 5) is 13.0. The average molecular weight is 428 g/mol. The lowest BCUT2D eigenvalue weighted by Gasteiger charge is -2.08. The Morgan fingerprint density at radius 2 is 1.56 bits per heavy atom. The molecule has 162 valence electrons. The van der Waals surface area contributed by atoms with Gasteiger partial charge in [-0.15, -0.1) is 0 Å². The van der Waals surface area contributed by atoms with Crippen molar-refractivity contribution >= 4 is 5.91 Å². The second-order valence-corrected chi connectivity index (χ2v) is 7.22. The van der Waals surface area contributed by atoms with Crippen LogP contribution in [-0.2, 0) is 6.54 Å². The lowest BCUT2D eigenvalue weighted by Crippen LogP contribution is -2.28. The summed E-state index contributed by atoms with van der Waals surface area (Å²) in [6, 6.07) is 27.1. The highest BCUT2D eigenvalue weighted by Gasteiger charge is 2.18. The number of ether oxygens (including phenoxy) is 2. The molecule has 0 aliphatic rings. The van der Waals surface area contributed by atoms with Crippen molar-refractivity contribution in [2.24, 2.45) is 0 Å². The number of benzene rings is 3. The fourth-order valence-electron chi connectivity index (χ4n) is 3.35. The molecule has 0 aliphatic carbocycles. The number of nitrogens with one attached hydrogen (secondary N) is 1. The molecule has 32 heavy (non-hydrogen) atoms. The van der Waals surface area contributed by atoms with Gasteiger partial charge in [0.2, 0.25) is 0 Å². The number of rotatable bonds is 9. The molecule has 6 nitrogen and oxygen atoms in total. The Bertz CT molecular complexity index is 1140. The minimum atomic E-state index is -0.179. The fourth-order valence-corrected chi connectivity index (χ4v) is 3.35. The number of nitrogens with zero attached hydrogens (tertiary/aromatic N) is 2. The highest BCUT2D eigenvalue weighted by atomic mass is 16.5. The van der Waals surface area contributed by atoms with Gasteiger partial charge >= 0.3 is 0 Å². The number of aromatic nitrogens is 2. The number of hydrogen-bond donors (Lipinski definition) is 1. The molecule has 0 saturated heterocycles. The lowest BCUT2D eigenvalue weighted by molar-refractivity contribution is 0.0947. The van der Waals surface area contributed by atoms with Gasteiger partial charge in [0.05, 0.1) is 25.8 Å². The summed E-state index contributed by atoms with van der Waals surface area (Å²) in [5, 5.41) is 7.64. The molecule has 0 radical (unpaired) electrons. The first-order valence-electron chi connectivity index (χ1n) is 10.4. The van der Waals surface area contributed by atoms with Crippen LogP contribution in [0.25, 0.3) is 11.3 Å². The highest BCUT2D eigenvalue weighted by molar-refractivity contribution is 5.99. The minimum absolute atomic E-state index is 0.179. The number of carbonyl (C=O) groups excluding carboxylic acids is 1. The topological polar surface area (TPSA) is 65.4 Å². The highest BCUT2D eigenvalue weighted by Crippen LogP contribution is 2.22. The summed E-state index contributed by atoms with van der Waals surface area (Å²) in [5.41, 5.74) is 3.22. The molecular weight excluding hydrogens is 402 g/mol. The van der Waals surface area contributed by atoms with E-state index in [9.17, 15) is 4.79 Å². The first-order chi connectivity index (χ1) is 15.7. The summed E-state index contributed by atoms with van der Waals surface area (Å²) < 4.78 is 12.6. The first-order valence-corrected chi connectivity index (χ1v) is 10.4. The van der Waals surface area contributed by atoms with Crippen LogP contribution < -0.4 is 14.8 Å². The number of carbonyl (C=O) groups is 1. The van der Waals surface area contributed by atoms with Crippen molar-refractivity contribution in [3.05, 3.63) is 102 Å². The van der Waals surface area contributed by atoms with Crippen molar-refractivity contribution in [3.8, 4) is 22.8 Å². The van der Waals surface area contributed by atoms with Crippen LogP contribution in [0.5, 0.6) is 11.5 Å². The molecule has 4 aromatic rings. The quantitative estimate of drug-likeness (QED) is 0.402. The van der Waals surface area contributed by atoms with Gasteiger partial charge in [0.1, 0.15) is 23.8 Å². The maximum absolute atomic E-state index is 13.0. The summed E-state index contributed by atoms with van der Waals surface area (Å²) in [6.45, 7) is 1.33. The zero-order valence-electron chi connectivity index (χ0n) is 17.9. The van der Waals surface area contributed by atoms with E-state index in [2.05, 4.69) is 5.32 Å². The Balaban J connectivity index is 1.43. The van der Waals surface area contributed by atoms with Crippen LogP contribution in [0.1, 0.15) is 15.9 Å². The van der Waals surface area contributed by atoms with E-state index < -0.39 is 0 Å². The molecule has 0 spiro atoms. The SMILES string of the molecule is COc1ccc(OCCNC(=O)c2cn(Cc3ccccc3)nc2-c2ccccc2)cc1. The van der Waals surface area contributed by atoms with Crippen molar-refractivity contribution in [2.75, 3.05) is 20.3 Å². The van der Waals surface area contributed by atoms with Gasteiger partial charge in [-0.3, -0.25) is 9.48 Å². The van der Waals surface area contributed by atoms with E-state index in [-0.39, 0.29) is 5.91 Å². The largest absolute Gasteiger partial charge is 0.497 e. The number of amides is 1. The Hall–Kier alpha value is -4.06. The second-order valence-electron chi connectivity index (χ2n) is 7.22. The third-order valence-corrected chi connectivity index (χ3v) is 4.96. The van der Waals surface area contributed by atoms with Gasteiger partial charge in [0, 0.05) is 11.8 Å². The van der Waals surface area contributed by atoms with Crippen LogP contribution in [0.3, 0.4) is 0 Å². The van der Waals surface area contributed by atoms with Crippen LogP contribution in [0.2, 0.25) is 0 Å². The maximum Gasteiger partial charge on any atom is 0.255 e. The van der Waals surface area contributed by atoms with Gasteiger partial charge < -0.3 is 14.8 Å². The van der Waals surface area contributed by atoms with Crippen molar-refractivity contribution < 1.29 is 14.3 Å². The average Bonchev–Trinajstić information content (AvgIpc) is 3.27. The third-order valence-electron chi connectivity index (χ3n) is 4.96. The van der Waals surface area contributed by atoms with E-state index in [1.807, 2.05) is 84.9 Å². The molecule has 1 amide bonds. The van der Waals surface area contributed by atoms with E-state index in [0.717, 1.165) is 22.6 Å². The van der Waals surface area contributed by atoms with Gasteiger partial charge in [-0.25, -0.2) is 0 Å². The molecule has 0 bridgehead atoms. The predicted octanol–water partition coefficient (Wildman–Crippen LogP) is 4.42. The first kappa shape index (κ1) is 21.2. The number of hydrogen-bond acceptors (Lipinski definition) is 4. The molecule has 4 rings (SSSR count). The molecular formula is C26H25N3O3. The molecule has 0 atom stereocenters. The standard InChI is InChI=1S/C26H25N3O3/c1-31-22-12-14-23(15-13-22)32-17-16-27-26(30)24-19-29(18-20-8-4-2-5-9-20)28-25(24)21-10-6-3-7-11-21/h2-15,19H,16-18H2,1H3,(H,27,30). The smallest absolute Gasteiger partial charge is 0.255 e. The van der Waals surface area contributed by atoms with Gasteiger partial charge in [0.25, 0.3) is 5.91 Å².